The number of hydrogen-bond acceptors (Lipinski definition) is 2. The molecule has 2 aliphatic heterocycles. The molecule has 2 nitrogen and oxygen atoms in total. The third-order valence-corrected chi connectivity index (χ3v) is 2.63. The van der Waals surface area contributed by atoms with E-state index in [0.717, 1.165) is 6.54 Å². The van der Waals surface area contributed by atoms with Crippen LogP contribution in [0.15, 0.2) is 0 Å². The smallest absolute Gasteiger partial charge is 0.268 e. The minimum absolute atomic E-state index is 0.406. The number of halogens is 2. The molecular formula is C7H12F2N2. The van der Waals surface area contributed by atoms with Crippen LogP contribution in [0.25, 0.3) is 0 Å². The van der Waals surface area contributed by atoms with Crippen molar-refractivity contribution < 1.29 is 8.78 Å². The third-order valence-electron chi connectivity index (χ3n) is 2.63. The van der Waals surface area contributed by atoms with Crippen LogP contribution in [0, 0.1) is 5.92 Å². The van der Waals surface area contributed by atoms with Crippen molar-refractivity contribution in [3.8, 4) is 0 Å². The van der Waals surface area contributed by atoms with Crippen LogP contribution in [-0.2, 0) is 0 Å². The molecule has 2 fully saturated rings. The first-order chi connectivity index (χ1) is 5.21. The van der Waals surface area contributed by atoms with E-state index in [1.807, 2.05) is 0 Å². The van der Waals surface area contributed by atoms with Crippen molar-refractivity contribution in [3.05, 3.63) is 0 Å². The summed E-state index contributed by atoms with van der Waals surface area (Å²) in [6.07, 6.45) is 0.594. The van der Waals surface area contributed by atoms with Gasteiger partial charge in [0.1, 0.15) is 0 Å². The van der Waals surface area contributed by atoms with Gasteiger partial charge in [0, 0.05) is 19.0 Å². The highest BCUT2D eigenvalue weighted by atomic mass is 19.3. The summed E-state index contributed by atoms with van der Waals surface area (Å²) in [5.41, 5.74) is 0. The molecule has 2 atom stereocenters. The maximum absolute atomic E-state index is 13.2. The quantitative estimate of drug-likeness (QED) is 0.532. The van der Waals surface area contributed by atoms with Gasteiger partial charge in [-0.1, -0.05) is 0 Å². The highest BCUT2D eigenvalue weighted by Crippen LogP contribution is 2.35. The molecule has 2 N–H and O–H groups in total. The Morgan fingerprint density at radius 2 is 2.09 bits per heavy atom. The molecule has 0 aromatic rings. The predicted molar refractivity (Wildman–Crippen MR) is 37.7 cm³/mol. The zero-order valence-electron chi connectivity index (χ0n) is 6.24. The molecule has 0 aromatic carbocycles. The van der Waals surface area contributed by atoms with Crippen molar-refractivity contribution in [1.82, 2.24) is 10.6 Å². The van der Waals surface area contributed by atoms with Crippen LogP contribution in [0.4, 0.5) is 8.78 Å². The first-order valence-electron chi connectivity index (χ1n) is 4.03. The molecule has 2 rings (SSSR count). The van der Waals surface area contributed by atoms with Crippen LogP contribution < -0.4 is 10.6 Å². The molecule has 2 unspecified atom stereocenters. The van der Waals surface area contributed by atoms with E-state index in [-0.39, 0.29) is 0 Å². The van der Waals surface area contributed by atoms with Crippen LogP contribution in [0.2, 0.25) is 0 Å². The molecular weight excluding hydrogens is 150 g/mol. The minimum atomic E-state index is -2.48. The molecule has 0 amide bonds. The number of rotatable bonds is 0. The standard InChI is InChI=1S/C7H12F2N2/c8-7(9)5-1-2-11-6(7)4-10-3-5/h5-6,10-11H,1-4H2. The van der Waals surface area contributed by atoms with Gasteiger partial charge >= 0.3 is 0 Å². The summed E-state index contributed by atoms with van der Waals surface area (Å²) in [6, 6.07) is -0.630. The van der Waals surface area contributed by atoms with Crippen LogP contribution in [0.1, 0.15) is 6.42 Å². The molecule has 0 saturated carbocycles. The normalized spacial score (nSPS) is 42.0. The van der Waals surface area contributed by atoms with Gasteiger partial charge in [0.05, 0.1) is 6.04 Å². The summed E-state index contributed by atoms with van der Waals surface area (Å²) in [5, 5.41) is 5.83. The third kappa shape index (κ3) is 1.05. The van der Waals surface area contributed by atoms with E-state index in [4.69, 9.17) is 0 Å². The average molecular weight is 162 g/mol. The Balaban J connectivity index is 2.17. The van der Waals surface area contributed by atoms with E-state index in [0.29, 0.717) is 19.5 Å². The SMILES string of the molecule is FC1(F)C2CCNC1CNC2. The van der Waals surface area contributed by atoms with Gasteiger partial charge < -0.3 is 10.6 Å². The molecule has 2 saturated heterocycles. The van der Waals surface area contributed by atoms with E-state index >= 15 is 0 Å². The van der Waals surface area contributed by atoms with Crippen molar-refractivity contribution >= 4 is 0 Å². The van der Waals surface area contributed by atoms with Crippen LogP contribution >= 0.6 is 0 Å². The monoisotopic (exact) mass is 162 g/mol. The summed E-state index contributed by atoms with van der Waals surface area (Å²) in [6.45, 7) is 1.63. The van der Waals surface area contributed by atoms with Gasteiger partial charge in [0.15, 0.2) is 0 Å². The Hall–Kier alpha value is -0.220. The van der Waals surface area contributed by atoms with Crippen molar-refractivity contribution in [2.45, 2.75) is 18.4 Å². The lowest BCUT2D eigenvalue weighted by atomic mass is 9.85. The second-order valence-corrected chi connectivity index (χ2v) is 3.33. The molecule has 64 valence electrons. The van der Waals surface area contributed by atoms with Gasteiger partial charge in [-0.3, -0.25) is 0 Å². The zero-order chi connectivity index (χ0) is 7.90. The summed E-state index contributed by atoms with van der Waals surface area (Å²) in [4.78, 5) is 0. The Morgan fingerprint density at radius 1 is 1.27 bits per heavy atom. The van der Waals surface area contributed by atoms with Gasteiger partial charge in [-0.25, -0.2) is 8.78 Å². The molecule has 0 spiro atoms. The summed E-state index contributed by atoms with van der Waals surface area (Å²) < 4.78 is 26.4. The molecule has 0 aliphatic carbocycles. The number of alkyl halides is 2. The Morgan fingerprint density at radius 3 is 2.73 bits per heavy atom. The van der Waals surface area contributed by atoms with Crippen LogP contribution in [0.3, 0.4) is 0 Å². The molecule has 0 radical (unpaired) electrons. The topological polar surface area (TPSA) is 24.1 Å². The van der Waals surface area contributed by atoms with Crippen molar-refractivity contribution in [1.29, 1.82) is 0 Å². The molecule has 4 heteroatoms. The highest BCUT2D eigenvalue weighted by molar-refractivity contribution is 4.99. The zero-order valence-corrected chi connectivity index (χ0v) is 6.24. The molecule has 0 aromatic heterocycles. The van der Waals surface area contributed by atoms with Gasteiger partial charge in [-0.2, -0.15) is 0 Å². The lowest BCUT2D eigenvalue weighted by Gasteiger charge is -2.43. The number of hydrogen-bond donors (Lipinski definition) is 2. The van der Waals surface area contributed by atoms with Crippen molar-refractivity contribution in [3.63, 3.8) is 0 Å². The lowest BCUT2D eigenvalue weighted by Crippen LogP contribution is -2.64. The van der Waals surface area contributed by atoms with Gasteiger partial charge in [-0.15, -0.1) is 0 Å². The van der Waals surface area contributed by atoms with E-state index in [1.54, 1.807) is 0 Å². The van der Waals surface area contributed by atoms with Crippen LogP contribution in [0.5, 0.6) is 0 Å². The summed E-state index contributed by atoms with van der Waals surface area (Å²) in [7, 11) is 0. The van der Waals surface area contributed by atoms with E-state index in [9.17, 15) is 8.78 Å². The van der Waals surface area contributed by atoms with Crippen LogP contribution in [-0.4, -0.2) is 31.6 Å². The first kappa shape index (κ1) is 7.43. The van der Waals surface area contributed by atoms with Crippen molar-refractivity contribution in [2.75, 3.05) is 19.6 Å². The van der Waals surface area contributed by atoms with E-state index in [1.165, 1.54) is 0 Å². The summed E-state index contributed by atoms with van der Waals surface area (Å²) in [5.74, 6) is -2.92. The van der Waals surface area contributed by atoms with Gasteiger partial charge in [-0.05, 0) is 13.0 Å². The summed E-state index contributed by atoms with van der Waals surface area (Å²) >= 11 is 0. The largest absolute Gasteiger partial charge is 0.314 e. The van der Waals surface area contributed by atoms with E-state index < -0.39 is 17.9 Å². The lowest BCUT2D eigenvalue weighted by molar-refractivity contribution is -0.121. The molecule has 2 heterocycles. The van der Waals surface area contributed by atoms with Gasteiger partial charge in [0.2, 0.25) is 0 Å². The Kier molecular flexibility index (Phi) is 1.61. The van der Waals surface area contributed by atoms with Gasteiger partial charge in [0.25, 0.3) is 5.92 Å². The Labute approximate surface area is 64.3 Å². The number of piperidine rings is 2. The average Bonchev–Trinajstić information content (AvgIpc) is 1.82. The molecule has 2 bridgehead atoms. The first-order valence-corrected chi connectivity index (χ1v) is 4.03. The Bertz CT molecular complexity index is 137. The van der Waals surface area contributed by atoms with E-state index in [2.05, 4.69) is 10.6 Å². The molecule has 11 heavy (non-hydrogen) atoms. The highest BCUT2D eigenvalue weighted by Gasteiger charge is 2.51. The predicted octanol–water partition coefficient (Wildman–Crippen LogP) is 0.203. The number of nitrogens with one attached hydrogen (secondary N) is 2. The fraction of sp³-hybridized carbons (Fsp3) is 1.00. The molecule has 2 aliphatic rings. The fourth-order valence-electron chi connectivity index (χ4n) is 1.89. The maximum atomic E-state index is 13.2. The number of fused-ring (bicyclic) bond motifs is 2. The maximum Gasteiger partial charge on any atom is 0.268 e. The van der Waals surface area contributed by atoms with Crippen molar-refractivity contribution in [2.24, 2.45) is 5.92 Å². The second-order valence-electron chi connectivity index (χ2n) is 3.33. The second kappa shape index (κ2) is 2.38. The fourth-order valence-corrected chi connectivity index (χ4v) is 1.89. The minimum Gasteiger partial charge on any atom is -0.314 e.